The molecule has 1 aliphatic heterocycles. The third-order valence-corrected chi connectivity index (χ3v) is 2.32. The highest BCUT2D eigenvalue weighted by molar-refractivity contribution is 5.92. The lowest BCUT2D eigenvalue weighted by Crippen LogP contribution is -2.20. The van der Waals surface area contributed by atoms with Gasteiger partial charge in [0.1, 0.15) is 0 Å². The first-order chi connectivity index (χ1) is 7.36. The van der Waals surface area contributed by atoms with Gasteiger partial charge in [-0.25, -0.2) is 0 Å². The van der Waals surface area contributed by atoms with Crippen LogP contribution in [0.15, 0.2) is 48.7 Å². The topological polar surface area (TPSA) is 20.3 Å². The van der Waals surface area contributed by atoms with Crippen LogP contribution in [0.1, 0.15) is 12.0 Å². The molecule has 2 rings (SSSR count). The lowest BCUT2D eigenvalue weighted by molar-refractivity contribution is -0.123. The van der Waals surface area contributed by atoms with E-state index in [0.29, 0.717) is 0 Å². The summed E-state index contributed by atoms with van der Waals surface area (Å²) in [5, 5.41) is 0. The molecule has 0 fully saturated rings. The van der Waals surface area contributed by atoms with Gasteiger partial charge in [-0.2, -0.15) is 0 Å². The third kappa shape index (κ3) is 2.56. The molecule has 0 aromatic heterocycles. The molecule has 76 valence electrons. The molecule has 0 N–H and O–H groups in total. The number of benzene rings is 1. The van der Waals surface area contributed by atoms with Crippen LogP contribution in [0.2, 0.25) is 0 Å². The zero-order valence-electron chi connectivity index (χ0n) is 8.47. The average molecular weight is 199 g/mol. The van der Waals surface area contributed by atoms with Crippen LogP contribution in [0.3, 0.4) is 0 Å². The van der Waals surface area contributed by atoms with Crippen LogP contribution >= 0.6 is 0 Å². The Morgan fingerprint density at radius 2 is 2.07 bits per heavy atom. The van der Waals surface area contributed by atoms with E-state index in [0.717, 1.165) is 18.5 Å². The van der Waals surface area contributed by atoms with E-state index in [1.54, 1.807) is 11.0 Å². The summed E-state index contributed by atoms with van der Waals surface area (Å²) < 4.78 is 0. The van der Waals surface area contributed by atoms with Gasteiger partial charge in [0.15, 0.2) is 0 Å². The van der Waals surface area contributed by atoms with E-state index >= 15 is 0 Å². The van der Waals surface area contributed by atoms with Crippen molar-refractivity contribution in [3.63, 3.8) is 0 Å². The van der Waals surface area contributed by atoms with Gasteiger partial charge in [0.05, 0.1) is 0 Å². The van der Waals surface area contributed by atoms with E-state index < -0.39 is 0 Å². The number of hydrogen-bond acceptors (Lipinski definition) is 1. The van der Waals surface area contributed by atoms with Crippen LogP contribution in [0.5, 0.6) is 0 Å². The first-order valence-electron chi connectivity index (χ1n) is 5.07. The fraction of sp³-hybridized carbons (Fsp3) is 0.154. The molecule has 1 aliphatic rings. The largest absolute Gasteiger partial charge is 0.316 e. The van der Waals surface area contributed by atoms with Gasteiger partial charge in [-0.1, -0.05) is 36.4 Å². The van der Waals surface area contributed by atoms with Crippen molar-refractivity contribution in [1.82, 2.24) is 4.90 Å². The number of amides is 1. The minimum Gasteiger partial charge on any atom is -0.316 e. The van der Waals surface area contributed by atoms with E-state index in [2.05, 4.69) is 0 Å². The second-order valence-corrected chi connectivity index (χ2v) is 3.45. The Bertz CT molecular complexity index is 392. The van der Waals surface area contributed by atoms with Crippen LogP contribution in [0.4, 0.5) is 0 Å². The summed E-state index contributed by atoms with van der Waals surface area (Å²) in [6.45, 7) is 0.804. The van der Waals surface area contributed by atoms with Crippen molar-refractivity contribution in [3.05, 3.63) is 54.2 Å². The Morgan fingerprint density at radius 3 is 2.73 bits per heavy atom. The number of nitrogens with zero attached hydrogens (tertiary/aromatic N) is 1. The van der Waals surface area contributed by atoms with Gasteiger partial charge in [-0.15, -0.1) is 0 Å². The molecular weight excluding hydrogens is 186 g/mol. The summed E-state index contributed by atoms with van der Waals surface area (Å²) in [7, 11) is 0. The molecule has 0 saturated heterocycles. The Morgan fingerprint density at radius 1 is 1.27 bits per heavy atom. The van der Waals surface area contributed by atoms with E-state index in [9.17, 15) is 4.79 Å². The summed E-state index contributed by atoms with van der Waals surface area (Å²) in [6.07, 6.45) is 8.27. The van der Waals surface area contributed by atoms with E-state index in [4.69, 9.17) is 0 Å². The summed E-state index contributed by atoms with van der Waals surface area (Å²) in [6, 6.07) is 9.83. The molecule has 1 heterocycles. The van der Waals surface area contributed by atoms with Gasteiger partial charge in [-0.3, -0.25) is 4.79 Å². The fourth-order valence-corrected chi connectivity index (χ4v) is 1.50. The molecule has 0 aliphatic carbocycles. The molecule has 0 atom stereocenters. The highest BCUT2D eigenvalue weighted by Crippen LogP contribution is 2.06. The zero-order valence-corrected chi connectivity index (χ0v) is 8.47. The quantitative estimate of drug-likeness (QED) is 0.670. The van der Waals surface area contributed by atoms with Crippen molar-refractivity contribution >= 4 is 12.0 Å². The summed E-state index contributed by atoms with van der Waals surface area (Å²) in [5.74, 6) is 0.0487. The second kappa shape index (κ2) is 4.60. The van der Waals surface area contributed by atoms with Crippen molar-refractivity contribution in [3.8, 4) is 0 Å². The maximum Gasteiger partial charge on any atom is 0.250 e. The van der Waals surface area contributed by atoms with Crippen LogP contribution in [0, 0.1) is 0 Å². The number of hydrogen-bond donors (Lipinski definition) is 0. The smallest absolute Gasteiger partial charge is 0.250 e. The SMILES string of the molecule is O=C(C=Cc1ccccc1)N1C=CCC1. The molecular formula is C13H13NO. The lowest BCUT2D eigenvalue weighted by Gasteiger charge is -2.09. The monoisotopic (exact) mass is 199 g/mol. The van der Waals surface area contributed by atoms with Crippen molar-refractivity contribution in [2.24, 2.45) is 0 Å². The van der Waals surface area contributed by atoms with Gasteiger partial charge in [0, 0.05) is 18.8 Å². The molecule has 1 amide bonds. The maximum atomic E-state index is 11.6. The Labute approximate surface area is 89.5 Å². The highest BCUT2D eigenvalue weighted by atomic mass is 16.2. The van der Waals surface area contributed by atoms with Crippen molar-refractivity contribution in [2.45, 2.75) is 6.42 Å². The number of carbonyl (C=O) groups excluding carboxylic acids is 1. The average Bonchev–Trinajstić information content (AvgIpc) is 2.81. The Hall–Kier alpha value is -1.83. The van der Waals surface area contributed by atoms with Gasteiger partial charge in [0.2, 0.25) is 0 Å². The molecule has 0 saturated carbocycles. The van der Waals surface area contributed by atoms with E-state index in [-0.39, 0.29) is 5.91 Å². The molecule has 0 spiro atoms. The molecule has 1 aromatic carbocycles. The van der Waals surface area contributed by atoms with E-state index in [1.165, 1.54) is 0 Å². The number of carbonyl (C=O) groups is 1. The molecule has 0 bridgehead atoms. The van der Waals surface area contributed by atoms with Crippen LogP contribution in [0.25, 0.3) is 6.08 Å². The lowest BCUT2D eigenvalue weighted by atomic mass is 10.2. The van der Waals surface area contributed by atoms with Crippen molar-refractivity contribution in [2.75, 3.05) is 6.54 Å². The molecule has 0 radical (unpaired) electrons. The Balaban J connectivity index is 1.99. The molecule has 0 unspecified atom stereocenters. The molecule has 1 aromatic rings. The highest BCUT2D eigenvalue weighted by Gasteiger charge is 2.09. The second-order valence-electron chi connectivity index (χ2n) is 3.45. The standard InChI is InChI=1S/C13H13NO/c15-13(14-10-4-5-11-14)9-8-12-6-2-1-3-7-12/h1-4,6-10H,5,11H2. The first-order valence-corrected chi connectivity index (χ1v) is 5.07. The zero-order chi connectivity index (χ0) is 10.5. The fourth-order valence-electron chi connectivity index (χ4n) is 1.50. The van der Waals surface area contributed by atoms with E-state index in [1.807, 2.05) is 48.7 Å². The first kappa shape index (κ1) is 9.71. The summed E-state index contributed by atoms with van der Waals surface area (Å²) in [4.78, 5) is 13.3. The normalized spacial score (nSPS) is 15.1. The number of rotatable bonds is 2. The van der Waals surface area contributed by atoms with Gasteiger partial charge in [-0.05, 0) is 18.1 Å². The summed E-state index contributed by atoms with van der Waals surface area (Å²) >= 11 is 0. The van der Waals surface area contributed by atoms with Gasteiger partial charge < -0.3 is 4.90 Å². The minimum atomic E-state index is 0.0487. The van der Waals surface area contributed by atoms with Crippen LogP contribution < -0.4 is 0 Å². The molecule has 2 nitrogen and oxygen atoms in total. The summed E-state index contributed by atoms with van der Waals surface area (Å²) in [5.41, 5.74) is 1.05. The van der Waals surface area contributed by atoms with Crippen molar-refractivity contribution in [1.29, 1.82) is 0 Å². The Kier molecular flexibility index (Phi) is 2.98. The molecule has 15 heavy (non-hydrogen) atoms. The maximum absolute atomic E-state index is 11.6. The van der Waals surface area contributed by atoms with Crippen molar-refractivity contribution < 1.29 is 4.79 Å². The van der Waals surface area contributed by atoms with Gasteiger partial charge in [0.25, 0.3) is 5.91 Å². The van der Waals surface area contributed by atoms with Crippen LogP contribution in [-0.4, -0.2) is 17.4 Å². The molecule has 2 heteroatoms. The third-order valence-electron chi connectivity index (χ3n) is 2.32. The predicted molar refractivity (Wildman–Crippen MR) is 60.9 cm³/mol. The van der Waals surface area contributed by atoms with Crippen LogP contribution in [-0.2, 0) is 4.79 Å². The van der Waals surface area contributed by atoms with Gasteiger partial charge >= 0.3 is 0 Å². The minimum absolute atomic E-state index is 0.0487. The predicted octanol–water partition coefficient (Wildman–Crippen LogP) is 2.45.